The molecular formula is C18H29NO2. The molecule has 1 fully saturated rings. The second-order valence-electron chi connectivity index (χ2n) is 6.12. The van der Waals surface area contributed by atoms with Gasteiger partial charge in [0, 0.05) is 19.1 Å². The Kier molecular flexibility index (Phi) is 5.65. The Hall–Kier alpha value is -1.06. The first-order valence-corrected chi connectivity index (χ1v) is 8.16. The first-order valence-electron chi connectivity index (χ1n) is 8.16. The predicted molar refractivity (Wildman–Crippen MR) is 87.2 cm³/mol. The molecule has 118 valence electrons. The summed E-state index contributed by atoms with van der Waals surface area (Å²) in [5.74, 6) is 1.03. The Balaban J connectivity index is 2.05. The molecule has 0 aliphatic heterocycles. The monoisotopic (exact) mass is 291 g/mol. The van der Waals surface area contributed by atoms with E-state index < -0.39 is 0 Å². The van der Waals surface area contributed by atoms with Crippen molar-refractivity contribution in [1.29, 1.82) is 0 Å². The molecule has 1 aromatic rings. The molecule has 1 saturated carbocycles. The Morgan fingerprint density at radius 3 is 2.38 bits per heavy atom. The second-order valence-corrected chi connectivity index (χ2v) is 6.12. The molecule has 0 aromatic heterocycles. The van der Waals surface area contributed by atoms with Crippen LogP contribution in [0.1, 0.15) is 43.4 Å². The summed E-state index contributed by atoms with van der Waals surface area (Å²) in [6.45, 7) is 12.4. The highest BCUT2D eigenvalue weighted by atomic mass is 16.5. The zero-order valence-corrected chi connectivity index (χ0v) is 14.0. The minimum Gasteiger partial charge on any atom is -0.487 e. The Bertz CT molecular complexity index is 449. The van der Waals surface area contributed by atoms with E-state index in [0.717, 1.165) is 31.7 Å². The van der Waals surface area contributed by atoms with E-state index >= 15 is 0 Å². The van der Waals surface area contributed by atoms with E-state index in [-0.39, 0.29) is 12.2 Å². The standard InChI is InChI=1S/C18H29NO2/c1-6-8-20-18-15(19-7-2)11-16(18)21-17-13(4)9-12(3)10-14(17)5/h9-10,15-16,18-19H,6-8,11H2,1-5H3. The fraction of sp³-hybridized carbons (Fsp3) is 0.667. The largest absolute Gasteiger partial charge is 0.487 e. The lowest BCUT2D eigenvalue weighted by atomic mass is 9.85. The van der Waals surface area contributed by atoms with Crippen LogP contribution in [0.2, 0.25) is 0 Å². The number of nitrogens with one attached hydrogen (secondary N) is 1. The van der Waals surface area contributed by atoms with Gasteiger partial charge < -0.3 is 14.8 Å². The van der Waals surface area contributed by atoms with Crippen molar-refractivity contribution in [2.24, 2.45) is 0 Å². The first kappa shape index (κ1) is 16.3. The zero-order chi connectivity index (χ0) is 15.4. The molecule has 3 atom stereocenters. The van der Waals surface area contributed by atoms with Gasteiger partial charge in [0.25, 0.3) is 0 Å². The quantitative estimate of drug-likeness (QED) is 0.833. The molecular weight excluding hydrogens is 262 g/mol. The third kappa shape index (κ3) is 3.78. The zero-order valence-electron chi connectivity index (χ0n) is 14.0. The number of benzene rings is 1. The summed E-state index contributed by atoms with van der Waals surface area (Å²) in [6.07, 6.45) is 2.41. The molecule has 1 aliphatic carbocycles. The van der Waals surface area contributed by atoms with E-state index in [2.05, 4.69) is 52.1 Å². The van der Waals surface area contributed by atoms with Crippen molar-refractivity contribution in [1.82, 2.24) is 5.32 Å². The van der Waals surface area contributed by atoms with Crippen LogP contribution in [0.15, 0.2) is 12.1 Å². The maximum absolute atomic E-state index is 6.29. The summed E-state index contributed by atoms with van der Waals surface area (Å²) >= 11 is 0. The number of rotatable bonds is 7. The van der Waals surface area contributed by atoms with Crippen molar-refractivity contribution in [3.05, 3.63) is 28.8 Å². The van der Waals surface area contributed by atoms with Gasteiger partial charge in [-0.3, -0.25) is 0 Å². The van der Waals surface area contributed by atoms with Crippen LogP contribution in [0.3, 0.4) is 0 Å². The average molecular weight is 291 g/mol. The van der Waals surface area contributed by atoms with Gasteiger partial charge in [0.15, 0.2) is 0 Å². The maximum Gasteiger partial charge on any atom is 0.128 e. The molecule has 0 bridgehead atoms. The van der Waals surface area contributed by atoms with Gasteiger partial charge in [0.05, 0.1) is 0 Å². The van der Waals surface area contributed by atoms with E-state index in [1.54, 1.807) is 0 Å². The summed E-state index contributed by atoms with van der Waals surface area (Å²) in [5.41, 5.74) is 3.72. The van der Waals surface area contributed by atoms with Crippen molar-refractivity contribution in [3.8, 4) is 5.75 Å². The minimum atomic E-state index is 0.167. The maximum atomic E-state index is 6.29. The van der Waals surface area contributed by atoms with E-state index in [9.17, 15) is 0 Å². The van der Waals surface area contributed by atoms with Crippen LogP contribution in [0.4, 0.5) is 0 Å². The number of hydrogen-bond donors (Lipinski definition) is 1. The van der Waals surface area contributed by atoms with E-state index in [0.29, 0.717) is 6.04 Å². The molecule has 1 N–H and O–H groups in total. The van der Waals surface area contributed by atoms with Crippen LogP contribution >= 0.6 is 0 Å². The summed E-state index contributed by atoms with van der Waals surface area (Å²) in [7, 11) is 0. The van der Waals surface area contributed by atoms with Gasteiger partial charge in [-0.2, -0.15) is 0 Å². The fourth-order valence-corrected chi connectivity index (χ4v) is 3.14. The number of aryl methyl sites for hydroxylation is 3. The molecule has 0 saturated heterocycles. The van der Waals surface area contributed by atoms with E-state index in [1.165, 1.54) is 16.7 Å². The topological polar surface area (TPSA) is 30.5 Å². The third-order valence-electron chi connectivity index (χ3n) is 4.10. The van der Waals surface area contributed by atoms with Crippen molar-refractivity contribution >= 4 is 0 Å². The molecule has 3 nitrogen and oxygen atoms in total. The van der Waals surface area contributed by atoms with Crippen molar-refractivity contribution in [2.45, 2.75) is 65.7 Å². The van der Waals surface area contributed by atoms with E-state index in [1.807, 2.05) is 0 Å². The molecule has 0 radical (unpaired) electrons. The third-order valence-corrected chi connectivity index (χ3v) is 4.10. The average Bonchev–Trinajstić information content (AvgIpc) is 2.40. The number of likely N-dealkylation sites (N-methyl/N-ethyl adjacent to an activating group) is 1. The van der Waals surface area contributed by atoms with Gasteiger partial charge in [-0.05, 0) is 44.9 Å². The van der Waals surface area contributed by atoms with Crippen LogP contribution in [-0.2, 0) is 4.74 Å². The van der Waals surface area contributed by atoms with Crippen molar-refractivity contribution in [3.63, 3.8) is 0 Å². The minimum absolute atomic E-state index is 0.167. The van der Waals surface area contributed by atoms with Gasteiger partial charge in [0.2, 0.25) is 0 Å². The molecule has 3 unspecified atom stereocenters. The lowest BCUT2D eigenvalue weighted by molar-refractivity contribution is -0.107. The van der Waals surface area contributed by atoms with Gasteiger partial charge >= 0.3 is 0 Å². The molecule has 2 rings (SSSR count). The summed E-state index contributed by atoms with van der Waals surface area (Å²) < 4.78 is 12.3. The van der Waals surface area contributed by atoms with Gasteiger partial charge in [0.1, 0.15) is 18.0 Å². The lowest BCUT2D eigenvalue weighted by Crippen LogP contribution is -2.61. The highest BCUT2D eigenvalue weighted by Gasteiger charge is 2.43. The highest BCUT2D eigenvalue weighted by Crippen LogP contribution is 2.33. The fourth-order valence-electron chi connectivity index (χ4n) is 3.14. The molecule has 0 amide bonds. The SMILES string of the molecule is CCCOC1C(NCC)CC1Oc1c(C)cc(C)cc1C. The normalized spacial score (nSPS) is 24.7. The smallest absolute Gasteiger partial charge is 0.128 e. The summed E-state index contributed by atoms with van der Waals surface area (Å²) in [5, 5.41) is 3.49. The summed E-state index contributed by atoms with van der Waals surface area (Å²) in [6, 6.07) is 4.80. The molecule has 0 spiro atoms. The van der Waals surface area contributed by atoms with Crippen LogP contribution in [-0.4, -0.2) is 31.4 Å². The molecule has 3 heteroatoms. The molecule has 0 heterocycles. The van der Waals surface area contributed by atoms with E-state index in [4.69, 9.17) is 9.47 Å². The molecule has 1 aliphatic rings. The second kappa shape index (κ2) is 7.28. The number of hydrogen-bond acceptors (Lipinski definition) is 3. The van der Waals surface area contributed by atoms with Crippen molar-refractivity contribution in [2.75, 3.05) is 13.2 Å². The number of ether oxygens (including phenoxy) is 2. The lowest BCUT2D eigenvalue weighted by Gasteiger charge is -2.44. The van der Waals surface area contributed by atoms with Crippen LogP contribution < -0.4 is 10.1 Å². The molecule has 1 aromatic carbocycles. The van der Waals surface area contributed by atoms with Crippen LogP contribution in [0.25, 0.3) is 0 Å². The Labute approximate surface area is 129 Å². The Morgan fingerprint density at radius 2 is 1.81 bits per heavy atom. The van der Waals surface area contributed by atoms with Gasteiger partial charge in [-0.25, -0.2) is 0 Å². The van der Waals surface area contributed by atoms with Crippen LogP contribution in [0.5, 0.6) is 5.75 Å². The van der Waals surface area contributed by atoms with Gasteiger partial charge in [-0.1, -0.05) is 31.5 Å². The van der Waals surface area contributed by atoms with Gasteiger partial charge in [-0.15, -0.1) is 0 Å². The highest BCUT2D eigenvalue weighted by molar-refractivity contribution is 5.43. The van der Waals surface area contributed by atoms with Crippen molar-refractivity contribution < 1.29 is 9.47 Å². The van der Waals surface area contributed by atoms with Crippen LogP contribution in [0, 0.1) is 20.8 Å². The summed E-state index contributed by atoms with van der Waals surface area (Å²) in [4.78, 5) is 0. The molecule has 21 heavy (non-hydrogen) atoms. The first-order chi connectivity index (χ1) is 10.1. The Morgan fingerprint density at radius 1 is 1.14 bits per heavy atom. The predicted octanol–water partition coefficient (Wildman–Crippen LogP) is 3.54.